The predicted octanol–water partition coefficient (Wildman–Crippen LogP) is 1.89. The Labute approximate surface area is 176 Å². The third kappa shape index (κ3) is 6.37. The van der Waals surface area contributed by atoms with Gasteiger partial charge in [0.2, 0.25) is 5.91 Å². The maximum atomic E-state index is 12.4. The molecule has 30 heavy (non-hydrogen) atoms. The normalized spacial score (nSPS) is 13.9. The molecule has 1 aromatic carbocycles. The first kappa shape index (κ1) is 21.4. The third-order valence-electron chi connectivity index (χ3n) is 4.82. The lowest BCUT2D eigenvalue weighted by Gasteiger charge is -2.17. The first-order valence-corrected chi connectivity index (χ1v) is 10.3. The summed E-state index contributed by atoms with van der Waals surface area (Å²) in [4.78, 5) is 31.0. The van der Waals surface area contributed by atoms with Crippen molar-refractivity contribution in [3.05, 3.63) is 59.5 Å². The van der Waals surface area contributed by atoms with Crippen LogP contribution in [0.2, 0.25) is 0 Å². The van der Waals surface area contributed by atoms with Crippen LogP contribution in [0.3, 0.4) is 0 Å². The van der Waals surface area contributed by atoms with Gasteiger partial charge in [0, 0.05) is 25.2 Å². The minimum Gasteiger partial charge on any atom is -0.467 e. The van der Waals surface area contributed by atoms with E-state index in [0.717, 1.165) is 31.5 Å². The molecule has 1 aromatic heterocycles. The summed E-state index contributed by atoms with van der Waals surface area (Å²) < 4.78 is 5.23. The fourth-order valence-corrected chi connectivity index (χ4v) is 3.24. The Balaban J connectivity index is 1.54. The van der Waals surface area contributed by atoms with Gasteiger partial charge < -0.3 is 25.3 Å². The number of nitrogens with zero attached hydrogens (tertiary/aromatic N) is 2. The van der Waals surface area contributed by atoms with Crippen LogP contribution in [-0.4, -0.2) is 48.9 Å². The lowest BCUT2D eigenvalue weighted by atomic mass is 10.1. The van der Waals surface area contributed by atoms with Crippen molar-refractivity contribution in [1.29, 1.82) is 0 Å². The monoisotopic (exact) mass is 411 g/mol. The lowest BCUT2D eigenvalue weighted by molar-refractivity contribution is -0.128. The van der Waals surface area contributed by atoms with E-state index in [4.69, 9.17) is 4.42 Å². The molecule has 2 amide bonds. The number of carbonyl (C=O) groups excluding carboxylic acids is 2. The van der Waals surface area contributed by atoms with Crippen LogP contribution >= 0.6 is 0 Å². The van der Waals surface area contributed by atoms with E-state index in [9.17, 15) is 9.59 Å². The highest BCUT2D eigenvalue weighted by Crippen LogP contribution is 2.08. The van der Waals surface area contributed by atoms with Crippen LogP contribution in [0.1, 0.15) is 41.4 Å². The van der Waals surface area contributed by atoms with Crippen LogP contribution in [0.15, 0.2) is 52.1 Å². The summed E-state index contributed by atoms with van der Waals surface area (Å²) >= 11 is 0. The summed E-state index contributed by atoms with van der Waals surface area (Å²) in [5, 5.41) is 9.09. The van der Waals surface area contributed by atoms with Gasteiger partial charge in [-0.3, -0.25) is 9.59 Å². The predicted molar refractivity (Wildman–Crippen MR) is 115 cm³/mol. The number of likely N-dealkylation sites (tertiary alicyclic amines) is 1. The Morgan fingerprint density at radius 1 is 1.10 bits per heavy atom. The molecule has 2 heterocycles. The average molecular weight is 412 g/mol. The van der Waals surface area contributed by atoms with Gasteiger partial charge >= 0.3 is 0 Å². The highest BCUT2D eigenvalue weighted by molar-refractivity contribution is 5.94. The SMILES string of the molecule is CCNC(=NCc1cccc(C(=O)NCc2ccco2)c1)NCC(=O)N1CCCC1. The van der Waals surface area contributed by atoms with Gasteiger partial charge in [-0.1, -0.05) is 12.1 Å². The number of guanidine groups is 1. The summed E-state index contributed by atoms with van der Waals surface area (Å²) in [5.74, 6) is 1.21. The molecule has 8 nitrogen and oxygen atoms in total. The van der Waals surface area contributed by atoms with Gasteiger partial charge in [0.1, 0.15) is 5.76 Å². The summed E-state index contributed by atoms with van der Waals surface area (Å²) in [6, 6.07) is 10.9. The molecule has 160 valence electrons. The largest absolute Gasteiger partial charge is 0.467 e. The van der Waals surface area contributed by atoms with E-state index in [2.05, 4.69) is 20.9 Å². The molecular formula is C22H29N5O3. The summed E-state index contributed by atoms with van der Waals surface area (Å²) in [6.07, 6.45) is 3.73. The molecule has 1 saturated heterocycles. The van der Waals surface area contributed by atoms with Gasteiger partial charge in [0.15, 0.2) is 5.96 Å². The fourth-order valence-electron chi connectivity index (χ4n) is 3.24. The number of furan rings is 1. The van der Waals surface area contributed by atoms with E-state index in [1.54, 1.807) is 18.4 Å². The molecule has 0 bridgehead atoms. The van der Waals surface area contributed by atoms with E-state index in [-0.39, 0.29) is 18.4 Å². The van der Waals surface area contributed by atoms with Crippen LogP contribution in [0, 0.1) is 0 Å². The second kappa shape index (κ2) is 11.0. The fraction of sp³-hybridized carbons (Fsp3) is 0.409. The van der Waals surface area contributed by atoms with Crippen molar-refractivity contribution >= 4 is 17.8 Å². The molecule has 3 rings (SSSR count). The van der Waals surface area contributed by atoms with Crippen molar-refractivity contribution < 1.29 is 14.0 Å². The average Bonchev–Trinajstić information content (AvgIpc) is 3.48. The standard InChI is InChI=1S/C22H29N5O3/c1-2-23-22(26-16-20(28)27-10-3-4-11-27)25-14-17-7-5-8-18(13-17)21(29)24-15-19-9-6-12-30-19/h5-9,12-13H,2-4,10-11,14-16H2,1H3,(H,24,29)(H2,23,25,26). The number of benzene rings is 1. The van der Waals surface area contributed by atoms with Crippen LogP contribution in [0.25, 0.3) is 0 Å². The maximum absolute atomic E-state index is 12.4. The Morgan fingerprint density at radius 3 is 2.67 bits per heavy atom. The molecule has 0 aliphatic carbocycles. The second-order valence-corrected chi connectivity index (χ2v) is 7.10. The molecule has 1 aliphatic rings. The number of carbonyl (C=O) groups is 2. The molecule has 0 atom stereocenters. The number of hydrogen-bond donors (Lipinski definition) is 3. The van der Waals surface area contributed by atoms with Crippen LogP contribution in [0.5, 0.6) is 0 Å². The number of rotatable bonds is 8. The van der Waals surface area contributed by atoms with Crippen molar-refractivity contribution in [1.82, 2.24) is 20.9 Å². The molecule has 1 fully saturated rings. The quantitative estimate of drug-likeness (QED) is 0.455. The topological polar surface area (TPSA) is 99.0 Å². The molecular weight excluding hydrogens is 382 g/mol. The minimum atomic E-state index is -0.168. The molecule has 3 N–H and O–H groups in total. The lowest BCUT2D eigenvalue weighted by Crippen LogP contribution is -2.44. The maximum Gasteiger partial charge on any atom is 0.251 e. The van der Waals surface area contributed by atoms with Gasteiger partial charge in [-0.25, -0.2) is 4.99 Å². The Kier molecular flexibility index (Phi) is 7.88. The molecule has 1 aliphatic heterocycles. The van der Waals surface area contributed by atoms with Gasteiger partial charge in [-0.05, 0) is 49.6 Å². The van der Waals surface area contributed by atoms with Gasteiger partial charge in [-0.15, -0.1) is 0 Å². The van der Waals surface area contributed by atoms with Crippen molar-refractivity contribution in [3.8, 4) is 0 Å². The highest BCUT2D eigenvalue weighted by Gasteiger charge is 2.17. The zero-order valence-electron chi connectivity index (χ0n) is 17.3. The van der Waals surface area contributed by atoms with E-state index < -0.39 is 0 Å². The molecule has 0 spiro atoms. The number of aliphatic imine (C=N–C) groups is 1. The Morgan fingerprint density at radius 2 is 1.93 bits per heavy atom. The smallest absolute Gasteiger partial charge is 0.251 e. The van der Waals surface area contributed by atoms with Gasteiger partial charge in [-0.2, -0.15) is 0 Å². The van der Waals surface area contributed by atoms with Crippen molar-refractivity contribution in [2.45, 2.75) is 32.9 Å². The van der Waals surface area contributed by atoms with E-state index in [1.807, 2.05) is 36.1 Å². The van der Waals surface area contributed by atoms with Crippen LogP contribution < -0.4 is 16.0 Å². The molecule has 8 heteroatoms. The first-order chi connectivity index (χ1) is 14.7. The third-order valence-corrected chi connectivity index (χ3v) is 4.82. The van der Waals surface area contributed by atoms with Crippen molar-refractivity contribution in [2.24, 2.45) is 4.99 Å². The zero-order valence-corrected chi connectivity index (χ0v) is 17.3. The van der Waals surface area contributed by atoms with Crippen LogP contribution in [0.4, 0.5) is 0 Å². The summed E-state index contributed by atoms with van der Waals surface area (Å²) in [5.41, 5.74) is 1.47. The first-order valence-electron chi connectivity index (χ1n) is 10.3. The van der Waals surface area contributed by atoms with Crippen molar-refractivity contribution in [3.63, 3.8) is 0 Å². The highest BCUT2D eigenvalue weighted by atomic mass is 16.3. The second-order valence-electron chi connectivity index (χ2n) is 7.10. The number of amides is 2. The molecule has 0 radical (unpaired) electrons. The zero-order chi connectivity index (χ0) is 21.2. The molecule has 2 aromatic rings. The van der Waals surface area contributed by atoms with E-state index in [1.165, 1.54) is 0 Å². The Hall–Kier alpha value is -3.29. The van der Waals surface area contributed by atoms with Gasteiger partial charge in [0.25, 0.3) is 5.91 Å². The summed E-state index contributed by atoms with van der Waals surface area (Å²) in [6.45, 7) is 5.30. The Bertz CT molecular complexity index is 857. The number of nitrogens with one attached hydrogen (secondary N) is 3. The van der Waals surface area contributed by atoms with Gasteiger partial charge in [0.05, 0.1) is 25.9 Å². The van der Waals surface area contributed by atoms with Crippen LogP contribution in [-0.2, 0) is 17.9 Å². The van der Waals surface area contributed by atoms with Crippen molar-refractivity contribution in [2.75, 3.05) is 26.2 Å². The summed E-state index contributed by atoms with van der Waals surface area (Å²) in [7, 11) is 0. The minimum absolute atomic E-state index is 0.0910. The van der Waals surface area contributed by atoms with E-state index >= 15 is 0 Å². The molecule has 0 unspecified atom stereocenters. The molecule has 0 saturated carbocycles. The number of hydrogen-bond acceptors (Lipinski definition) is 4. The van der Waals surface area contributed by atoms with E-state index in [0.29, 0.717) is 36.9 Å².